The van der Waals surface area contributed by atoms with Crippen molar-refractivity contribution >= 4 is 23.2 Å². The van der Waals surface area contributed by atoms with Gasteiger partial charge in [-0.1, -0.05) is 29.3 Å². The second-order valence-corrected chi connectivity index (χ2v) is 5.28. The molecule has 1 unspecified atom stereocenters. The van der Waals surface area contributed by atoms with Gasteiger partial charge in [0, 0.05) is 27.7 Å². The van der Waals surface area contributed by atoms with Crippen molar-refractivity contribution in [2.24, 2.45) is 5.73 Å². The third-order valence-electron chi connectivity index (χ3n) is 3.05. The first kappa shape index (κ1) is 15.1. The van der Waals surface area contributed by atoms with Crippen LogP contribution in [0.4, 0.5) is 4.39 Å². The Morgan fingerprint density at radius 3 is 2.60 bits per heavy atom. The highest BCUT2D eigenvalue weighted by molar-refractivity contribution is 6.33. The van der Waals surface area contributed by atoms with Crippen LogP contribution in [0.1, 0.15) is 17.2 Å². The number of hydrogen-bond donors (Lipinski definition) is 1. The Balaban J connectivity index is 2.23. The monoisotopic (exact) mass is 313 g/mol. The molecule has 0 amide bonds. The van der Waals surface area contributed by atoms with Crippen LogP contribution in [0.3, 0.4) is 0 Å². The van der Waals surface area contributed by atoms with Crippen molar-refractivity contribution < 1.29 is 9.13 Å². The van der Waals surface area contributed by atoms with Gasteiger partial charge >= 0.3 is 0 Å². The molecule has 0 heterocycles. The maximum atomic E-state index is 14.0. The Labute approximate surface area is 127 Å². The van der Waals surface area contributed by atoms with Crippen LogP contribution in [0.5, 0.6) is 5.75 Å². The summed E-state index contributed by atoms with van der Waals surface area (Å²) < 4.78 is 18.9. The second-order valence-electron chi connectivity index (χ2n) is 4.43. The summed E-state index contributed by atoms with van der Waals surface area (Å²) >= 11 is 12.0. The normalized spacial score (nSPS) is 12.2. The van der Waals surface area contributed by atoms with Crippen molar-refractivity contribution in [3.63, 3.8) is 0 Å². The molecule has 0 saturated heterocycles. The quantitative estimate of drug-likeness (QED) is 0.909. The Morgan fingerprint density at radius 2 is 1.95 bits per heavy atom. The molecule has 106 valence electrons. The van der Waals surface area contributed by atoms with Gasteiger partial charge in [0.1, 0.15) is 11.6 Å². The average Bonchev–Trinajstić information content (AvgIpc) is 2.42. The molecule has 0 fully saturated rings. The molecule has 0 aliphatic rings. The molecule has 0 aliphatic carbocycles. The minimum atomic E-state index is -0.503. The summed E-state index contributed by atoms with van der Waals surface area (Å²) in [6.07, 6.45) is 0.405. The van der Waals surface area contributed by atoms with E-state index in [4.69, 9.17) is 33.7 Å². The first-order chi connectivity index (χ1) is 9.51. The third-order valence-corrected chi connectivity index (χ3v) is 3.66. The molecule has 2 aromatic rings. The smallest absolute Gasteiger partial charge is 0.131 e. The Morgan fingerprint density at radius 1 is 1.20 bits per heavy atom. The van der Waals surface area contributed by atoms with Crippen molar-refractivity contribution in [2.45, 2.75) is 12.5 Å². The Kier molecular flexibility index (Phi) is 4.86. The minimum absolute atomic E-state index is 0.394. The van der Waals surface area contributed by atoms with Crippen molar-refractivity contribution in [3.8, 4) is 5.75 Å². The van der Waals surface area contributed by atoms with Crippen molar-refractivity contribution in [2.75, 3.05) is 7.11 Å². The zero-order chi connectivity index (χ0) is 14.7. The lowest BCUT2D eigenvalue weighted by Crippen LogP contribution is -2.15. The maximum absolute atomic E-state index is 14.0. The lowest BCUT2D eigenvalue weighted by atomic mass is 9.99. The molecule has 0 aliphatic heterocycles. The molecule has 20 heavy (non-hydrogen) atoms. The van der Waals surface area contributed by atoms with E-state index in [9.17, 15) is 4.39 Å². The number of rotatable bonds is 4. The summed E-state index contributed by atoms with van der Waals surface area (Å²) in [4.78, 5) is 0. The van der Waals surface area contributed by atoms with E-state index in [1.807, 2.05) is 0 Å². The fourth-order valence-corrected chi connectivity index (χ4v) is 2.37. The minimum Gasteiger partial charge on any atom is -0.497 e. The van der Waals surface area contributed by atoms with Gasteiger partial charge in [0.15, 0.2) is 0 Å². The van der Waals surface area contributed by atoms with Gasteiger partial charge < -0.3 is 10.5 Å². The number of ether oxygens (including phenoxy) is 1. The zero-order valence-electron chi connectivity index (χ0n) is 10.9. The highest BCUT2D eigenvalue weighted by Gasteiger charge is 2.14. The van der Waals surface area contributed by atoms with Gasteiger partial charge in [-0.05, 0) is 36.2 Å². The summed E-state index contributed by atoms with van der Waals surface area (Å²) in [5.74, 6) is 0.0641. The molecule has 2 nitrogen and oxygen atoms in total. The molecule has 2 N–H and O–H groups in total. The van der Waals surface area contributed by atoms with E-state index in [1.165, 1.54) is 13.2 Å². The highest BCUT2D eigenvalue weighted by Crippen LogP contribution is 2.27. The average molecular weight is 314 g/mol. The SMILES string of the molecule is COc1ccc(C(N)Cc2cc(Cl)ccc2Cl)c(F)c1. The summed E-state index contributed by atoms with van der Waals surface area (Å²) in [7, 11) is 1.49. The van der Waals surface area contributed by atoms with E-state index in [0.717, 1.165) is 5.56 Å². The highest BCUT2D eigenvalue weighted by atomic mass is 35.5. The number of hydrogen-bond acceptors (Lipinski definition) is 2. The van der Waals surface area contributed by atoms with Crippen LogP contribution >= 0.6 is 23.2 Å². The number of halogens is 3. The molecule has 5 heteroatoms. The molecule has 0 bridgehead atoms. The third kappa shape index (κ3) is 3.42. The van der Waals surface area contributed by atoms with Crippen LogP contribution in [0, 0.1) is 5.82 Å². The van der Waals surface area contributed by atoms with Crippen LogP contribution in [0.2, 0.25) is 10.0 Å². The van der Waals surface area contributed by atoms with Gasteiger partial charge in [0.2, 0.25) is 0 Å². The predicted molar refractivity (Wildman–Crippen MR) is 80.0 cm³/mol. The Hall–Kier alpha value is -1.29. The van der Waals surface area contributed by atoms with Gasteiger partial charge in [0.25, 0.3) is 0 Å². The Bertz CT molecular complexity index is 619. The van der Waals surface area contributed by atoms with E-state index in [1.54, 1.807) is 30.3 Å². The first-order valence-electron chi connectivity index (χ1n) is 6.04. The lowest BCUT2D eigenvalue weighted by molar-refractivity contribution is 0.410. The molecule has 2 rings (SSSR count). The van der Waals surface area contributed by atoms with Crippen LogP contribution in [0.15, 0.2) is 36.4 Å². The molecular formula is C15H14Cl2FNO. The number of benzene rings is 2. The van der Waals surface area contributed by atoms with E-state index in [2.05, 4.69) is 0 Å². The van der Waals surface area contributed by atoms with E-state index in [-0.39, 0.29) is 0 Å². The molecule has 0 aromatic heterocycles. The summed E-state index contributed by atoms with van der Waals surface area (Å²) in [6, 6.07) is 9.26. The van der Waals surface area contributed by atoms with E-state index < -0.39 is 11.9 Å². The van der Waals surface area contributed by atoms with Crippen LogP contribution in [-0.2, 0) is 6.42 Å². The molecule has 2 aromatic carbocycles. The summed E-state index contributed by atoms with van der Waals surface area (Å²) in [5, 5.41) is 1.14. The fraction of sp³-hybridized carbons (Fsp3) is 0.200. The largest absolute Gasteiger partial charge is 0.497 e. The van der Waals surface area contributed by atoms with Crippen LogP contribution in [0.25, 0.3) is 0 Å². The molecular weight excluding hydrogens is 300 g/mol. The maximum Gasteiger partial charge on any atom is 0.131 e. The second kappa shape index (κ2) is 6.44. The van der Waals surface area contributed by atoms with Gasteiger partial charge in [-0.2, -0.15) is 0 Å². The lowest BCUT2D eigenvalue weighted by Gasteiger charge is -2.15. The molecule has 1 atom stereocenters. The predicted octanol–water partition coefficient (Wildman–Crippen LogP) is 4.38. The number of nitrogens with two attached hydrogens (primary N) is 1. The fourth-order valence-electron chi connectivity index (χ4n) is 1.98. The van der Waals surface area contributed by atoms with E-state index >= 15 is 0 Å². The van der Waals surface area contributed by atoms with E-state index in [0.29, 0.717) is 27.8 Å². The summed E-state index contributed by atoms with van der Waals surface area (Å²) in [6.45, 7) is 0. The van der Waals surface area contributed by atoms with Gasteiger partial charge in [-0.15, -0.1) is 0 Å². The van der Waals surface area contributed by atoms with Gasteiger partial charge in [-0.25, -0.2) is 4.39 Å². The van der Waals surface area contributed by atoms with Crippen molar-refractivity contribution in [1.82, 2.24) is 0 Å². The van der Waals surface area contributed by atoms with Crippen LogP contribution < -0.4 is 10.5 Å². The zero-order valence-corrected chi connectivity index (χ0v) is 12.4. The standard InChI is InChI=1S/C15H14Cl2FNO/c1-20-11-3-4-12(14(18)8-11)15(19)7-9-6-10(16)2-5-13(9)17/h2-6,8,15H,7,19H2,1H3. The molecule has 0 saturated carbocycles. The molecule has 0 spiro atoms. The number of methoxy groups -OCH3 is 1. The topological polar surface area (TPSA) is 35.2 Å². The van der Waals surface area contributed by atoms with Gasteiger partial charge in [0.05, 0.1) is 7.11 Å². The van der Waals surface area contributed by atoms with Crippen LogP contribution in [-0.4, -0.2) is 7.11 Å². The van der Waals surface area contributed by atoms with Crippen molar-refractivity contribution in [3.05, 3.63) is 63.4 Å². The van der Waals surface area contributed by atoms with Crippen molar-refractivity contribution in [1.29, 1.82) is 0 Å². The molecule has 0 radical (unpaired) electrons. The first-order valence-corrected chi connectivity index (χ1v) is 6.80. The summed E-state index contributed by atoms with van der Waals surface area (Å²) in [5.41, 5.74) is 7.27. The van der Waals surface area contributed by atoms with Gasteiger partial charge in [-0.3, -0.25) is 0 Å².